The van der Waals surface area contributed by atoms with Crippen molar-refractivity contribution < 1.29 is 13.2 Å². The summed E-state index contributed by atoms with van der Waals surface area (Å²) in [5.74, 6) is -0.0195. The summed E-state index contributed by atoms with van der Waals surface area (Å²) in [5, 5.41) is 2.85. The molecule has 0 atom stereocenters. The molecule has 0 aromatic heterocycles. The third-order valence-corrected chi connectivity index (χ3v) is 5.57. The molecule has 0 radical (unpaired) electrons. The molecule has 5 nitrogen and oxygen atoms in total. The van der Waals surface area contributed by atoms with Crippen molar-refractivity contribution in [2.75, 3.05) is 13.1 Å². The lowest BCUT2D eigenvalue weighted by molar-refractivity contribution is -0.119. The summed E-state index contributed by atoms with van der Waals surface area (Å²) in [6, 6.07) is 7.66. The zero-order chi connectivity index (χ0) is 15.5. The van der Waals surface area contributed by atoms with Gasteiger partial charge in [-0.15, -0.1) is 0 Å². The van der Waals surface area contributed by atoms with E-state index in [1.807, 2.05) is 31.2 Å². The van der Waals surface area contributed by atoms with Crippen LogP contribution in [0.3, 0.4) is 0 Å². The molecular formula is C15H22N2O3S. The van der Waals surface area contributed by atoms with E-state index >= 15 is 0 Å². The van der Waals surface area contributed by atoms with Gasteiger partial charge >= 0.3 is 0 Å². The Bertz CT molecular complexity index is 588. The third kappa shape index (κ3) is 4.54. The maximum atomic E-state index is 12.4. The molecule has 0 unspecified atom stereocenters. The quantitative estimate of drug-likeness (QED) is 0.915. The SMILES string of the molecule is CC(=O)NC1CCN(S(=O)(=O)Cc2ccc(C)cc2)CC1. The number of nitrogens with one attached hydrogen (secondary N) is 1. The van der Waals surface area contributed by atoms with Gasteiger partial charge in [-0.1, -0.05) is 29.8 Å². The van der Waals surface area contributed by atoms with Crippen molar-refractivity contribution >= 4 is 15.9 Å². The fourth-order valence-corrected chi connectivity index (χ4v) is 4.12. The lowest BCUT2D eigenvalue weighted by Gasteiger charge is -2.31. The monoisotopic (exact) mass is 310 g/mol. The summed E-state index contributed by atoms with van der Waals surface area (Å²) in [5.41, 5.74) is 1.93. The Morgan fingerprint density at radius 2 is 1.81 bits per heavy atom. The minimum Gasteiger partial charge on any atom is -0.354 e. The summed E-state index contributed by atoms with van der Waals surface area (Å²) in [4.78, 5) is 11.0. The summed E-state index contributed by atoms with van der Waals surface area (Å²) in [7, 11) is -3.28. The molecule has 0 aliphatic carbocycles. The fourth-order valence-electron chi connectivity index (χ4n) is 2.55. The van der Waals surface area contributed by atoms with Crippen LogP contribution in [0.5, 0.6) is 0 Å². The van der Waals surface area contributed by atoms with Crippen LogP contribution < -0.4 is 5.32 Å². The van der Waals surface area contributed by atoms with E-state index in [1.54, 1.807) is 0 Å². The molecule has 0 saturated carbocycles. The summed E-state index contributed by atoms with van der Waals surface area (Å²) in [6.07, 6.45) is 1.35. The van der Waals surface area contributed by atoms with Crippen LogP contribution in [0.1, 0.15) is 30.9 Å². The Kier molecular flexibility index (Phi) is 5.00. The van der Waals surface area contributed by atoms with Crippen molar-refractivity contribution in [2.45, 2.75) is 38.5 Å². The number of rotatable bonds is 4. The van der Waals surface area contributed by atoms with Crippen LogP contribution in [-0.4, -0.2) is 37.8 Å². The van der Waals surface area contributed by atoms with Crippen molar-refractivity contribution in [3.63, 3.8) is 0 Å². The number of benzene rings is 1. The molecule has 6 heteroatoms. The van der Waals surface area contributed by atoms with Gasteiger partial charge in [-0.25, -0.2) is 12.7 Å². The molecule has 116 valence electrons. The Hall–Kier alpha value is -1.40. The molecule has 1 aliphatic rings. The largest absolute Gasteiger partial charge is 0.354 e. The molecule has 1 amide bonds. The Morgan fingerprint density at radius 1 is 1.24 bits per heavy atom. The summed E-state index contributed by atoms with van der Waals surface area (Å²) >= 11 is 0. The molecule has 1 aromatic carbocycles. The highest BCUT2D eigenvalue weighted by molar-refractivity contribution is 7.88. The predicted molar refractivity (Wildman–Crippen MR) is 82.2 cm³/mol. The van der Waals surface area contributed by atoms with E-state index in [0.717, 1.165) is 11.1 Å². The van der Waals surface area contributed by atoms with Crippen LogP contribution in [0.4, 0.5) is 0 Å². The first-order chi connectivity index (χ1) is 9.87. The van der Waals surface area contributed by atoms with Crippen molar-refractivity contribution in [3.8, 4) is 0 Å². The molecule has 1 aliphatic heterocycles. The van der Waals surface area contributed by atoms with Gasteiger partial charge in [-0.05, 0) is 25.3 Å². The van der Waals surface area contributed by atoms with Crippen LogP contribution in [0.2, 0.25) is 0 Å². The lowest BCUT2D eigenvalue weighted by Crippen LogP contribution is -2.46. The highest BCUT2D eigenvalue weighted by Crippen LogP contribution is 2.18. The molecule has 1 saturated heterocycles. The van der Waals surface area contributed by atoms with Crippen molar-refractivity contribution in [1.82, 2.24) is 9.62 Å². The van der Waals surface area contributed by atoms with E-state index in [2.05, 4.69) is 5.32 Å². The molecule has 1 fully saturated rings. The number of piperidine rings is 1. The number of hydrogen-bond acceptors (Lipinski definition) is 3. The average Bonchev–Trinajstić information content (AvgIpc) is 2.41. The highest BCUT2D eigenvalue weighted by Gasteiger charge is 2.28. The van der Waals surface area contributed by atoms with E-state index in [0.29, 0.717) is 25.9 Å². The van der Waals surface area contributed by atoms with Crippen LogP contribution in [0.25, 0.3) is 0 Å². The number of sulfonamides is 1. The fraction of sp³-hybridized carbons (Fsp3) is 0.533. The van der Waals surface area contributed by atoms with Gasteiger partial charge in [0, 0.05) is 26.1 Å². The zero-order valence-electron chi connectivity index (χ0n) is 12.5. The molecule has 1 heterocycles. The minimum atomic E-state index is -3.28. The third-order valence-electron chi connectivity index (χ3n) is 3.72. The zero-order valence-corrected chi connectivity index (χ0v) is 13.3. The predicted octanol–water partition coefficient (Wildman–Crippen LogP) is 1.43. The molecule has 21 heavy (non-hydrogen) atoms. The average molecular weight is 310 g/mol. The van der Waals surface area contributed by atoms with Crippen LogP contribution in [0, 0.1) is 6.92 Å². The van der Waals surface area contributed by atoms with Gasteiger partial charge < -0.3 is 5.32 Å². The number of carbonyl (C=O) groups excluding carboxylic acids is 1. The van der Waals surface area contributed by atoms with E-state index < -0.39 is 10.0 Å². The molecule has 1 N–H and O–H groups in total. The first kappa shape index (κ1) is 16.0. The molecule has 2 rings (SSSR count). The van der Waals surface area contributed by atoms with E-state index in [-0.39, 0.29) is 17.7 Å². The van der Waals surface area contributed by atoms with Gasteiger partial charge in [-0.3, -0.25) is 4.79 Å². The lowest BCUT2D eigenvalue weighted by atomic mass is 10.1. The molecular weight excluding hydrogens is 288 g/mol. The summed E-state index contributed by atoms with van der Waals surface area (Å²) in [6.45, 7) is 4.41. The van der Waals surface area contributed by atoms with Crippen molar-refractivity contribution in [1.29, 1.82) is 0 Å². The Balaban J connectivity index is 1.95. The second-order valence-corrected chi connectivity index (χ2v) is 7.58. The number of amides is 1. The van der Waals surface area contributed by atoms with Crippen molar-refractivity contribution in [2.24, 2.45) is 0 Å². The molecule has 0 spiro atoms. The molecule has 1 aromatic rings. The second-order valence-electron chi connectivity index (χ2n) is 5.62. The number of aryl methyl sites for hydroxylation is 1. The van der Waals surface area contributed by atoms with E-state index in [4.69, 9.17) is 0 Å². The maximum Gasteiger partial charge on any atom is 0.218 e. The summed E-state index contributed by atoms with van der Waals surface area (Å²) < 4.78 is 26.3. The first-order valence-electron chi connectivity index (χ1n) is 7.17. The van der Waals surface area contributed by atoms with Gasteiger partial charge in [0.05, 0.1) is 5.75 Å². The van der Waals surface area contributed by atoms with Crippen molar-refractivity contribution in [3.05, 3.63) is 35.4 Å². The first-order valence-corrected chi connectivity index (χ1v) is 8.78. The minimum absolute atomic E-state index is 0.0398. The van der Waals surface area contributed by atoms with Crippen LogP contribution in [0.15, 0.2) is 24.3 Å². The number of nitrogens with zero attached hydrogens (tertiary/aromatic N) is 1. The number of carbonyl (C=O) groups is 1. The van der Waals surface area contributed by atoms with Gasteiger partial charge in [0.25, 0.3) is 0 Å². The topological polar surface area (TPSA) is 66.5 Å². The van der Waals surface area contributed by atoms with E-state index in [1.165, 1.54) is 11.2 Å². The Labute approximate surface area is 126 Å². The smallest absolute Gasteiger partial charge is 0.218 e. The van der Waals surface area contributed by atoms with Gasteiger partial charge in [0.2, 0.25) is 15.9 Å². The van der Waals surface area contributed by atoms with Crippen LogP contribution >= 0.6 is 0 Å². The van der Waals surface area contributed by atoms with Gasteiger partial charge in [-0.2, -0.15) is 0 Å². The maximum absolute atomic E-state index is 12.4. The highest BCUT2D eigenvalue weighted by atomic mass is 32.2. The number of hydrogen-bond donors (Lipinski definition) is 1. The van der Waals surface area contributed by atoms with E-state index in [9.17, 15) is 13.2 Å². The Morgan fingerprint density at radius 3 is 2.33 bits per heavy atom. The van der Waals surface area contributed by atoms with Gasteiger partial charge in [0.15, 0.2) is 0 Å². The van der Waals surface area contributed by atoms with Crippen LogP contribution in [-0.2, 0) is 20.6 Å². The molecule has 0 bridgehead atoms. The normalized spacial score (nSPS) is 17.6. The standard InChI is InChI=1S/C15H22N2O3S/c1-12-3-5-14(6-4-12)11-21(19,20)17-9-7-15(8-10-17)16-13(2)18/h3-6,15H,7-11H2,1-2H3,(H,16,18). The van der Waals surface area contributed by atoms with Gasteiger partial charge in [0.1, 0.15) is 0 Å². The second kappa shape index (κ2) is 6.58.